The van der Waals surface area contributed by atoms with E-state index in [1.54, 1.807) is 0 Å². The zero-order valence-corrected chi connectivity index (χ0v) is 14.1. The van der Waals surface area contributed by atoms with Gasteiger partial charge in [-0.2, -0.15) is 0 Å². The lowest BCUT2D eigenvalue weighted by atomic mass is 10.1. The third-order valence-corrected chi connectivity index (χ3v) is 4.41. The molecular weight excluding hydrogens is 324 g/mol. The molecule has 1 aliphatic heterocycles. The van der Waals surface area contributed by atoms with Crippen molar-refractivity contribution in [1.29, 1.82) is 0 Å². The smallest absolute Gasteiger partial charge is 0.253 e. The molecule has 1 heterocycles. The molecule has 1 amide bonds. The minimum Gasteiger partial charge on any atom is -0.388 e. The van der Waals surface area contributed by atoms with Crippen LogP contribution in [0.1, 0.15) is 15.9 Å². The second kappa shape index (κ2) is 7.61. The molecular formula is C19H21F2N3O. The van der Waals surface area contributed by atoms with E-state index in [4.69, 9.17) is 0 Å². The quantitative estimate of drug-likeness (QED) is 0.925. The molecule has 1 N–H and O–H groups in total. The fraction of sp³-hybridized carbons (Fsp3) is 0.316. The average molecular weight is 345 g/mol. The lowest BCUT2D eigenvalue weighted by molar-refractivity contribution is 0.0628. The van der Waals surface area contributed by atoms with Gasteiger partial charge in [-0.05, 0) is 42.0 Å². The van der Waals surface area contributed by atoms with E-state index in [0.29, 0.717) is 43.9 Å². The zero-order chi connectivity index (χ0) is 17.8. The van der Waals surface area contributed by atoms with Crippen molar-refractivity contribution in [3.05, 3.63) is 65.2 Å². The highest BCUT2D eigenvalue weighted by Crippen LogP contribution is 2.15. The molecule has 0 unspecified atom stereocenters. The number of nitrogens with zero attached hydrogens (tertiary/aromatic N) is 2. The molecule has 0 radical (unpaired) electrons. The molecule has 25 heavy (non-hydrogen) atoms. The third-order valence-electron chi connectivity index (χ3n) is 4.41. The predicted molar refractivity (Wildman–Crippen MR) is 93.5 cm³/mol. The molecule has 1 saturated heterocycles. The largest absolute Gasteiger partial charge is 0.388 e. The summed E-state index contributed by atoms with van der Waals surface area (Å²) in [6, 6.07) is 11.0. The van der Waals surface area contributed by atoms with E-state index in [9.17, 15) is 13.6 Å². The first-order valence-electron chi connectivity index (χ1n) is 8.29. The molecule has 3 rings (SSSR count). The molecule has 4 nitrogen and oxygen atoms in total. The molecule has 2 aromatic rings. The van der Waals surface area contributed by atoms with Crippen LogP contribution in [-0.2, 0) is 6.54 Å². The van der Waals surface area contributed by atoms with Crippen LogP contribution in [0.4, 0.5) is 14.5 Å². The highest BCUT2D eigenvalue weighted by Gasteiger charge is 2.22. The van der Waals surface area contributed by atoms with E-state index in [0.717, 1.165) is 11.8 Å². The van der Waals surface area contributed by atoms with Crippen molar-refractivity contribution in [2.24, 2.45) is 0 Å². The Morgan fingerprint density at radius 2 is 1.60 bits per heavy atom. The molecule has 0 aliphatic carbocycles. The maximum atomic E-state index is 13.3. The molecule has 0 aromatic heterocycles. The van der Waals surface area contributed by atoms with Crippen LogP contribution in [0.25, 0.3) is 0 Å². The van der Waals surface area contributed by atoms with E-state index < -0.39 is 11.6 Å². The van der Waals surface area contributed by atoms with Crippen molar-refractivity contribution in [2.45, 2.75) is 6.54 Å². The van der Waals surface area contributed by atoms with Crippen molar-refractivity contribution in [2.75, 3.05) is 38.5 Å². The van der Waals surface area contributed by atoms with Crippen LogP contribution < -0.4 is 5.32 Å². The Morgan fingerprint density at radius 1 is 1.00 bits per heavy atom. The minimum absolute atomic E-state index is 0.0131. The van der Waals surface area contributed by atoms with Gasteiger partial charge in [0.05, 0.1) is 0 Å². The van der Waals surface area contributed by atoms with E-state index in [2.05, 4.69) is 10.2 Å². The van der Waals surface area contributed by atoms with Crippen LogP contribution in [0.2, 0.25) is 0 Å². The molecule has 2 aromatic carbocycles. The van der Waals surface area contributed by atoms with Gasteiger partial charge in [0.25, 0.3) is 5.91 Å². The summed E-state index contributed by atoms with van der Waals surface area (Å²) in [5.74, 6) is -1.11. The van der Waals surface area contributed by atoms with Crippen LogP contribution in [0.5, 0.6) is 0 Å². The van der Waals surface area contributed by atoms with Crippen LogP contribution in [0, 0.1) is 11.6 Å². The van der Waals surface area contributed by atoms with E-state index >= 15 is 0 Å². The molecule has 0 bridgehead atoms. The summed E-state index contributed by atoms with van der Waals surface area (Å²) in [6.07, 6.45) is 0. The Kier molecular flexibility index (Phi) is 5.28. The summed E-state index contributed by atoms with van der Waals surface area (Å²) in [4.78, 5) is 16.5. The first kappa shape index (κ1) is 17.4. The molecule has 6 heteroatoms. The van der Waals surface area contributed by atoms with Crippen LogP contribution >= 0.6 is 0 Å². The Labute approximate surface area is 146 Å². The van der Waals surface area contributed by atoms with Crippen LogP contribution in [0.15, 0.2) is 42.5 Å². The number of benzene rings is 2. The van der Waals surface area contributed by atoms with Gasteiger partial charge in [0, 0.05) is 57.1 Å². The van der Waals surface area contributed by atoms with Crippen molar-refractivity contribution >= 4 is 11.6 Å². The summed E-state index contributed by atoms with van der Waals surface area (Å²) in [5, 5.41) is 3.02. The van der Waals surface area contributed by atoms with Gasteiger partial charge < -0.3 is 10.2 Å². The van der Waals surface area contributed by atoms with E-state index in [1.807, 2.05) is 36.2 Å². The van der Waals surface area contributed by atoms with Gasteiger partial charge in [-0.3, -0.25) is 9.69 Å². The molecule has 1 aliphatic rings. The average Bonchev–Trinajstić information content (AvgIpc) is 2.61. The molecule has 0 spiro atoms. The van der Waals surface area contributed by atoms with Crippen molar-refractivity contribution in [1.82, 2.24) is 9.80 Å². The lowest BCUT2D eigenvalue weighted by Gasteiger charge is -2.34. The normalized spacial score (nSPS) is 15.2. The highest BCUT2D eigenvalue weighted by atomic mass is 19.1. The maximum absolute atomic E-state index is 13.3. The van der Waals surface area contributed by atoms with Gasteiger partial charge in [0.1, 0.15) is 11.6 Å². The second-order valence-electron chi connectivity index (χ2n) is 6.17. The SMILES string of the molecule is CNc1ccc(C(=O)N2CCN(Cc3cc(F)cc(F)c3)CC2)cc1. The Balaban J connectivity index is 1.56. The molecule has 132 valence electrons. The summed E-state index contributed by atoms with van der Waals surface area (Å²) < 4.78 is 26.6. The summed E-state index contributed by atoms with van der Waals surface area (Å²) >= 11 is 0. The van der Waals surface area contributed by atoms with Crippen molar-refractivity contribution < 1.29 is 13.6 Å². The number of nitrogens with one attached hydrogen (secondary N) is 1. The van der Waals surface area contributed by atoms with Gasteiger partial charge in [-0.25, -0.2) is 8.78 Å². The number of carbonyl (C=O) groups excluding carboxylic acids is 1. The van der Waals surface area contributed by atoms with Gasteiger partial charge in [-0.15, -0.1) is 0 Å². The Morgan fingerprint density at radius 3 is 2.16 bits per heavy atom. The first-order chi connectivity index (χ1) is 12.0. The number of carbonyl (C=O) groups is 1. The highest BCUT2D eigenvalue weighted by molar-refractivity contribution is 5.94. The van der Waals surface area contributed by atoms with Gasteiger partial charge in [-0.1, -0.05) is 0 Å². The minimum atomic E-state index is -0.561. The topological polar surface area (TPSA) is 35.6 Å². The summed E-state index contributed by atoms with van der Waals surface area (Å²) in [5.41, 5.74) is 2.24. The van der Waals surface area contributed by atoms with Gasteiger partial charge in [0.15, 0.2) is 0 Å². The number of rotatable bonds is 4. The monoisotopic (exact) mass is 345 g/mol. The fourth-order valence-electron chi connectivity index (χ4n) is 3.03. The molecule has 0 saturated carbocycles. The van der Waals surface area contributed by atoms with Crippen molar-refractivity contribution in [3.63, 3.8) is 0 Å². The third kappa shape index (κ3) is 4.33. The number of anilines is 1. The predicted octanol–water partition coefficient (Wildman–Crippen LogP) is 2.96. The first-order valence-corrected chi connectivity index (χ1v) is 8.29. The Bertz CT molecular complexity index is 721. The van der Waals surface area contributed by atoms with Crippen LogP contribution in [-0.4, -0.2) is 48.9 Å². The van der Waals surface area contributed by atoms with E-state index in [-0.39, 0.29) is 5.91 Å². The number of hydrogen-bond acceptors (Lipinski definition) is 3. The summed E-state index contributed by atoms with van der Waals surface area (Å²) in [6.45, 7) is 3.04. The van der Waals surface area contributed by atoms with Crippen LogP contribution in [0.3, 0.4) is 0 Å². The number of amides is 1. The molecule has 1 fully saturated rings. The number of hydrogen-bond donors (Lipinski definition) is 1. The van der Waals surface area contributed by atoms with E-state index in [1.165, 1.54) is 12.1 Å². The Hall–Kier alpha value is -2.47. The van der Waals surface area contributed by atoms with Gasteiger partial charge >= 0.3 is 0 Å². The second-order valence-corrected chi connectivity index (χ2v) is 6.17. The fourth-order valence-corrected chi connectivity index (χ4v) is 3.03. The summed E-state index contributed by atoms with van der Waals surface area (Å²) in [7, 11) is 1.83. The lowest BCUT2D eigenvalue weighted by Crippen LogP contribution is -2.48. The van der Waals surface area contributed by atoms with Crippen molar-refractivity contribution in [3.8, 4) is 0 Å². The van der Waals surface area contributed by atoms with Gasteiger partial charge in [0.2, 0.25) is 0 Å². The standard InChI is InChI=1S/C19H21F2N3O/c1-22-18-4-2-15(3-5-18)19(25)24-8-6-23(7-9-24)13-14-10-16(20)12-17(21)11-14/h2-5,10-12,22H,6-9,13H2,1H3. The number of halogens is 2. The number of piperazine rings is 1. The maximum Gasteiger partial charge on any atom is 0.253 e. The zero-order valence-electron chi connectivity index (χ0n) is 14.1. The molecule has 0 atom stereocenters.